The number of alkyl halides is 2. The third-order valence-electron chi connectivity index (χ3n) is 1.80. The summed E-state index contributed by atoms with van der Waals surface area (Å²) in [5, 5.41) is 0.649. The number of hydrogen-bond acceptors (Lipinski definition) is 1. The van der Waals surface area contributed by atoms with Gasteiger partial charge in [0, 0.05) is 28.1 Å². The van der Waals surface area contributed by atoms with E-state index in [2.05, 4.69) is 0 Å². The number of hydrogen-bond donors (Lipinski definition) is 1. The summed E-state index contributed by atoms with van der Waals surface area (Å²) in [7, 11) is 0. The summed E-state index contributed by atoms with van der Waals surface area (Å²) in [5.41, 5.74) is 5.93. The molecule has 1 atom stereocenters. The summed E-state index contributed by atoms with van der Waals surface area (Å²) in [6.07, 6.45) is -2.90. The molecule has 0 aliphatic heterocycles. The lowest BCUT2D eigenvalue weighted by atomic mass is 10.1. The van der Waals surface area contributed by atoms with Gasteiger partial charge in [0.2, 0.25) is 6.43 Å². The summed E-state index contributed by atoms with van der Waals surface area (Å²) in [6.45, 7) is 0. The second kappa shape index (κ2) is 4.91. The Bertz CT molecular complexity index is 297. The van der Waals surface area contributed by atoms with Crippen molar-refractivity contribution in [1.82, 2.24) is 0 Å². The number of benzene rings is 1. The van der Waals surface area contributed by atoms with Crippen molar-refractivity contribution in [3.63, 3.8) is 0 Å². The maximum Gasteiger partial charge on any atom is 0.240 e. The van der Waals surface area contributed by atoms with E-state index in [1.54, 1.807) is 18.2 Å². The Morgan fingerprint density at radius 2 is 1.71 bits per heavy atom. The molecule has 0 aliphatic carbocycles. The van der Waals surface area contributed by atoms with E-state index in [4.69, 9.17) is 28.9 Å². The summed E-state index contributed by atoms with van der Waals surface area (Å²) in [6, 6.07) is 3.97. The van der Waals surface area contributed by atoms with Gasteiger partial charge in [-0.15, -0.1) is 0 Å². The van der Waals surface area contributed by atoms with Gasteiger partial charge in [-0.3, -0.25) is 0 Å². The van der Waals surface area contributed by atoms with E-state index in [1.165, 1.54) is 0 Å². The van der Waals surface area contributed by atoms with Gasteiger partial charge in [0.05, 0.1) is 0 Å². The van der Waals surface area contributed by atoms with Gasteiger partial charge in [0.15, 0.2) is 0 Å². The van der Waals surface area contributed by atoms with E-state index in [0.717, 1.165) is 0 Å². The van der Waals surface area contributed by atoms with Gasteiger partial charge >= 0.3 is 0 Å². The Labute approximate surface area is 90.8 Å². The van der Waals surface area contributed by atoms with Crippen molar-refractivity contribution < 1.29 is 8.78 Å². The second-order valence-electron chi connectivity index (χ2n) is 2.87. The molecule has 0 aliphatic rings. The molecule has 1 nitrogen and oxygen atoms in total. The Hall–Kier alpha value is -0.380. The Kier molecular flexibility index (Phi) is 4.11. The average Bonchev–Trinajstić information content (AvgIpc) is 2.01. The molecule has 1 aromatic rings. The summed E-state index contributed by atoms with van der Waals surface area (Å²) in [5.74, 6) is 0. The molecule has 0 spiro atoms. The minimum Gasteiger partial charge on any atom is -0.324 e. The SMILES string of the molecule is N[C@@H](CC(F)F)c1c(Cl)cccc1Cl. The molecule has 0 unspecified atom stereocenters. The highest BCUT2D eigenvalue weighted by Crippen LogP contribution is 2.31. The Balaban J connectivity index is 2.94. The van der Waals surface area contributed by atoms with Crippen molar-refractivity contribution >= 4 is 23.2 Å². The molecule has 0 saturated heterocycles. The molecule has 14 heavy (non-hydrogen) atoms. The van der Waals surface area contributed by atoms with E-state index in [1.807, 2.05) is 0 Å². The molecule has 78 valence electrons. The van der Waals surface area contributed by atoms with Crippen molar-refractivity contribution in [2.45, 2.75) is 18.9 Å². The van der Waals surface area contributed by atoms with E-state index in [-0.39, 0.29) is 0 Å². The lowest BCUT2D eigenvalue weighted by Crippen LogP contribution is -2.14. The van der Waals surface area contributed by atoms with Crippen molar-refractivity contribution in [3.05, 3.63) is 33.8 Å². The quantitative estimate of drug-likeness (QED) is 0.857. The average molecular weight is 240 g/mol. The minimum atomic E-state index is -2.46. The first-order chi connectivity index (χ1) is 6.52. The topological polar surface area (TPSA) is 26.0 Å². The van der Waals surface area contributed by atoms with Crippen LogP contribution in [0.3, 0.4) is 0 Å². The van der Waals surface area contributed by atoms with Crippen molar-refractivity contribution in [2.24, 2.45) is 5.73 Å². The van der Waals surface area contributed by atoms with Crippen LogP contribution in [0, 0.1) is 0 Å². The third kappa shape index (κ3) is 2.80. The van der Waals surface area contributed by atoms with Crippen LogP contribution in [-0.4, -0.2) is 6.43 Å². The molecule has 0 aromatic heterocycles. The molecule has 0 heterocycles. The monoisotopic (exact) mass is 239 g/mol. The fourth-order valence-corrected chi connectivity index (χ4v) is 1.85. The predicted molar refractivity (Wildman–Crippen MR) is 54.0 cm³/mol. The number of halogens is 4. The summed E-state index contributed by atoms with van der Waals surface area (Å²) in [4.78, 5) is 0. The highest BCUT2D eigenvalue weighted by atomic mass is 35.5. The van der Waals surface area contributed by atoms with Gasteiger partial charge in [-0.05, 0) is 12.1 Å². The fraction of sp³-hybridized carbons (Fsp3) is 0.333. The van der Waals surface area contributed by atoms with E-state index >= 15 is 0 Å². The predicted octanol–water partition coefficient (Wildman–Crippen LogP) is 3.65. The van der Waals surface area contributed by atoms with Gasteiger partial charge in [0.25, 0.3) is 0 Å². The van der Waals surface area contributed by atoms with Gasteiger partial charge in [0.1, 0.15) is 0 Å². The van der Waals surface area contributed by atoms with E-state index in [0.29, 0.717) is 15.6 Å². The molecule has 0 amide bonds. The van der Waals surface area contributed by atoms with Crippen LogP contribution in [0.1, 0.15) is 18.0 Å². The van der Waals surface area contributed by atoms with Crippen molar-refractivity contribution in [1.29, 1.82) is 0 Å². The van der Waals surface area contributed by atoms with E-state index in [9.17, 15) is 8.78 Å². The normalized spacial score (nSPS) is 13.3. The molecule has 1 rings (SSSR count). The largest absolute Gasteiger partial charge is 0.324 e. The van der Waals surface area contributed by atoms with Crippen LogP contribution in [0.4, 0.5) is 8.78 Å². The highest BCUT2D eigenvalue weighted by molar-refractivity contribution is 6.36. The number of nitrogens with two attached hydrogens (primary N) is 1. The zero-order chi connectivity index (χ0) is 10.7. The molecular formula is C9H9Cl2F2N. The van der Waals surface area contributed by atoms with E-state index < -0.39 is 18.9 Å². The molecule has 5 heteroatoms. The molecular weight excluding hydrogens is 231 g/mol. The highest BCUT2D eigenvalue weighted by Gasteiger charge is 2.17. The number of rotatable bonds is 3. The Morgan fingerprint density at radius 3 is 2.14 bits per heavy atom. The fourth-order valence-electron chi connectivity index (χ4n) is 1.17. The maximum atomic E-state index is 12.1. The van der Waals surface area contributed by atoms with Crippen LogP contribution in [0.15, 0.2) is 18.2 Å². The molecule has 0 radical (unpaired) electrons. The van der Waals surface area contributed by atoms with Gasteiger partial charge in [-0.1, -0.05) is 29.3 Å². The molecule has 0 saturated carbocycles. The van der Waals surface area contributed by atoms with Crippen molar-refractivity contribution in [2.75, 3.05) is 0 Å². The second-order valence-corrected chi connectivity index (χ2v) is 3.68. The van der Waals surface area contributed by atoms with Crippen LogP contribution in [0.5, 0.6) is 0 Å². The summed E-state index contributed by atoms with van der Waals surface area (Å²) < 4.78 is 24.1. The van der Waals surface area contributed by atoms with Crippen LogP contribution in [0.25, 0.3) is 0 Å². The van der Waals surface area contributed by atoms with Gasteiger partial charge in [-0.2, -0.15) is 0 Å². The zero-order valence-corrected chi connectivity index (χ0v) is 8.69. The smallest absolute Gasteiger partial charge is 0.240 e. The van der Waals surface area contributed by atoms with Gasteiger partial charge < -0.3 is 5.73 Å². The van der Waals surface area contributed by atoms with Crippen LogP contribution >= 0.6 is 23.2 Å². The van der Waals surface area contributed by atoms with Crippen molar-refractivity contribution in [3.8, 4) is 0 Å². The van der Waals surface area contributed by atoms with Crippen LogP contribution < -0.4 is 5.73 Å². The molecule has 2 N–H and O–H groups in total. The molecule has 0 bridgehead atoms. The van der Waals surface area contributed by atoms with Gasteiger partial charge in [-0.25, -0.2) is 8.78 Å². The van der Waals surface area contributed by atoms with Crippen LogP contribution in [0.2, 0.25) is 10.0 Å². The Morgan fingerprint density at radius 1 is 1.21 bits per heavy atom. The first kappa shape index (κ1) is 11.7. The lowest BCUT2D eigenvalue weighted by Gasteiger charge is -2.14. The third-order valence-corrected chi connectivity index (χ3v) is 2.46. The summed E-state index contributed by atoms with van der Waals surface area (Å²) >= 11 is 11.6. The molecule has 0 fully saturated rings. The van der Waals surface area contributed by atoms with Crippen LogP contribution in [-0.2, 0) is 0 Å². The first-order valence-electron chi connectivity index (χ1n) is 4.00. The maximum absolute atomic E-state index is 12.1. The first-order valence-corrected chi connectivity index (χ1v) is 4.75. The minimum absolute atomic E-state index is 0.325. The zero-order valence-electron chi connectivity index (χ0n) is 7.18. The standard InChI is InChI=1S/C9H9Cl2F2N/c10-5-2-1-3-6(11)9(5)7(14)4-8(12)13/h1-3,7-8H,4,14H2/t7-/m0/s1. The molecule has 1 aromatic carbocycles. The lowest BCUT2D eigenvalue weighted by molar-refractivity contribution is 0.128.